The monoisotopic (exact) mass is 188 g/mol. The summed E-state index contributed by atoms with van der Waals surface area (Å²) < 4.78 is 0. The Morgan fingerprint density at radius 3 is 2.75 bits per heavy atom. The van der Waals surface area contributed by atoms with Crippen molar-refractivity contribution < 1.29 is 4.79 Å². The normalized spacial score (nSPS) is 36.3. The molecule has 2 unspecified atom stereocenters. The molecule has 1 aliphatic rings. The van der Waals surface area contributed by atoms with Gasteiger partial charge in [0.25, 0.3) is 0 Å². The summed E-state index contributed by atoms with van der Waals surface area (Å²) in [5.41, 5.74) is 4.92. The minimum absolute atomic E-state index is 0.218. The molecule has 1 rings (SSSR count). The van der Waals surface area contributed by atoms with E-state index in [0.717, 1.165) is 18.6 Å². The van der Waals surface area contributed by atoms with Crippen molar-refractivity contribution in [3.05, 3.63) is 0 Å². The molecule has 1 aliphatic heterocycles. The van der Waals surface area contributed by atoms with Gasteiger partial charge in [-0.05, 0) is 25.6 Å². The van der Waals surface area contributed by atoms with Crippen LogP contribution in [0.15, 0.2) is 0 Å². The van der Waals surface area contributed by atoms with Crippen LogP contribution < -0.4 is 11.1 Å². The molecule has 0 spiro atoms. The van der Waals surface area contributed by atoms with E-state index >= 15 is 0 Å². The molecule has 0 saturated carbocycles. The second kappa shape index (κ2) is 3.66. The van der Waals surface area contributed by atoms with Gasteiger partial charge in [0.05, 0.1) is 0 Å². The minimum Gasteiger partial charge on any atom is -0.368 e. The summed E-state index contributed by atoms with van der Waals surface area (Å²) in [6, 6.07) is 0. The van der Waals surface area contributed by atoms with Crippen LogP contribution in [0.4, 0.5) is 0 Å². The molecule has 1 heterocycles. The lowest BCUT2D eigenvalue weighted by molar-refractivity contribution is -0.124. The largest absolute Gasteiger partial charge is 0.368 e. The van der Waals surface area contributed by atoms with Gasteiger partial charge in [0.15, 0.2) is 0 Å². The van der Waals surface area contributed by atoms with Crippen molar-refractivity contribution in [3.8, 4) is 0 Å². The number of thioether (sulfide) groups is 1. The first-order valence-corrected chi connectivity index (χ1v) is 5.29. The van der Waals surface area contributed by atoms with E-state index in [2.05, 4.69) is 12.2 Å². The van der Waals surface area contributed by atoms with Gasteiger partial charge in [0.2, 0.25) is 5.91 Å². The first kappa shape index (κ1) is 9.86. The quantitative estimate of drug-likeness (QED) is 0.657. The van der Waals surface area contributed by atoms with Crippen LogP contribution in [0, 0.1) is 0 Å². The number of hydrogen-bond acceptors (Lipinski definition) is 3. The van der Waals surface area contributed by atoms with Crippen molar-refractivity contribution in [2.75, 3.05) is 12.8 Å². The Morgan fingerprint density at radius 2 is 2.42 bits per heavy atom. The molecule has 0 aromatic heterocycles. The smallest absolute Gasteiger partial charge is 0.238 e. The van der Waals surface area contributed by atoms with Crippen molar-refractivity contribution in [1.29, 1.82) is 0 Å². The average Bonchev–Trinajstić information content (AvgIpc) is 2.05. The van der Waals surface area contributed by atoms with Crippen LogP contribution in [0.3, 0.4) is 0 Å². The summed E-state index contributed by atoms with van der Waals surface area (Å²) in [5, 5.41) is 3.36. The summed E-state index contributed by atoms with van der Waals surface area (Å²) in [5.74, 6) is 0.919. The summed E-state index contributed by atoms with van der Waals surface area (Å²) in [4.78, 5) is 11.3. The highest BCUT2D eigenvalue weighted by molar-refractivity contribution is 8.00. The van der Waals surface area contributed by atoms with E-state index in [1.54, 1.807) is 0 Å². The summed E-state index contributed by atoms with van der Waals surface area (Å²) in [7, 11) is 1.81. The minimum atomic E-state index is -0.469. The molecule has 3 nitrogen and oxygen atoms in total. The van der Waals surface area contributed by atoms with Crippen molar-refractivity contribution in [1.82, 2.24) is 5.32 Å². The highest BCUT2D eigenvalue weighted by Crippen LogP contribution is 2.33. The van der Waals surface area contributed by atoms with E-state index in [9.17, 15) is 4.79 Å². The molecule has 0 aliphatic carbocycles. The first-order chi connectivity index (χ1) is 5.63. The molecule has 4 heteroatoms. The van der Waals surface area contributed by atoms with E-state index < -0.39 is 5.54 Å². The van der Waals surface area contributed by atoms with Crippen molar-refractivity contribution in [2.24, 2.45) is 5.73 Å². The number of rotatable bonds is 2. The highest BCUT2D eigenvalue weighted by atomic mass is 32.2. The van der Waals surface area contributed by atoms with Gasteiger partial charge in [-0.15, -0.1) is 0 Å². The molecular weight excluding hydrogens is 172 g/mol. The Kier molecular flexibility index (Phi) is 3.01. The van der Waals surface area contributed by atoms with Crippen molar-refractivity contribution >= 4 is 17.7 Å². The lowest BCUT2D eigenvalue weighted by Gasteiger charge is -2.39. The number of amides is 1. The molecule has 12 heavy (non-hydrogen) atoms. The number of primary amides is 1. The van der Waals surface area contributed by atoms with E-state index in [-0.39, 0.29) is 11.2 Å². The van der Waals surface area contributed by atoms with Crippen LogP contribution in [0.25, 0.3) is 0 Å². The predicted molar refractivity (Wildman–Crippen MR) is 52.1 cm³/mol. The number of nitrogens with two attached hydrogens (primary N) is 1. The molecule has 0 aromatic rings. The van der Waals surface area contributed by atoms with Crippen LogP contribution in [0.5, 0.6) is 0 Å². The fraction of sp³-hybridized carbons (Fsp3) is 0.875. The Hall–Kier alpha value is -0.220. The Labute approximate surface area is 77.5 Å². The molecule has 1 saturated heterocycles. The third kappa shape index (κ3) is 1.45. The first-order valence-electron chi connectivity index (χ1n) is 4.24. The molecule has 1 amide bonds. The van der Waals surface area contributed by atoms with E-state index in [1.807, 2.05) is 18.8 Å². The number of hydrogen-bond donors (Lipinski definition) is 2. The van der Waals surface area contributed by atoms with Crippen molar-refractivity contribution in [2.45, 2.75) is 30.6 Å². The van der Waals surface area contributed by atoms with Gasteiger partial charge in [-0.2, -0.15) is 11.8 Å². The number of likely N-dealkylation sites (N-methyl/N-ethyl adjacent to an activating group) is 1. The molecular formula is C8H16N2OS. The maximum Gasteiger partial charge on any atom is 0.238 e. The van der Waals surface area contributed by atoms with E-state index in [0.29, 0.717) is 0 Å². The van der Waals surface area contributed by atoms with Crippen LogP contribution in [-0.2, 0) is 4.79 Å². The molecule has 1 fully saturated rings. The van der Waals surface area contributed by atoms with Gasteiger partial charge in [-0.3, -0.25) is 4.79 Å². The summed E-state index contributed by atoms with van der Waals surface area (Å²) in [6.07, 6.45) is 1.94. The molecule has 70 valence electrons. The fourth-order valence-electron chi connectivity index (χ4n) is 1.73. The third-order valence-corrected chi connectivity index (χ3v) is 4.09. The van der Waals surface area contributed by atoms with Crippen LogP contribution in [-0.4, -0.2) is 29.5 Å². The standard InChI is InChI=1S/C8H16N2OS/c1-6-8(10-2,7(9)11)4-3-5-12-6/h6,10H,3-5H2,1-2H3,(H2,9,11). The van der Waals surface area contributed by atoms with E-state index in [1.165, 1.54) is 0 Å². The maximum atomic E-state index is 11.3. The van der Waals surface area contributed by atoms with Crippen molar-refractivity contribution in [3.63, 3.8) is 0 Å². The third-order valence-electron chi connectivity index (χ3n) is 2.66. The molecule has 0 radical (unpaired) electrons. The zero-order chi connectivity index (χ0) is 9.19. The van der Waals surface area contributed by atoms with Crippen LogP contribution >= 0.6 is 11.8 Å². The summed E-state index contributed by atoms with van der Waals surface area (Å²) in [6.45, 7) is 2.06. The average molecular weight is 188 g/mol. The van der Waals surface area contributed by atoms with Gasteiger partial charge in [-0.1, -0.05) is 6.92 Å². The second-order valence-corrected chi connectivity index (χ2v) is 4.65. The second-order valence-electron chi connectivity index (χ2n) is 3.20. The maximum absolute atomic E-state index is 11.3. The topological polar surface area (TPSA) is 55.1 Å². The Bertz CT molecular complexity index is 186. The molecule has 0 aromatic carbocycles. The lowest BCUT2D eigenvalue weighted by atomic mass is 9.89. The lowest BCUT2D eigenvalue weighted by Crippen LogP contribution is -2.61. The van der Waals surface area contributed by atoms with Gasteiger partial charge < -0.3 is 11.1 Å². The predicted octanol–water partition coefficient (Wildman–Crippen LogP) is 0.345. The van der Waals surface area contributed by atoms with Crippen LogP contribution in [0.1, 0.15) is 19.8 Å². The zero-order valence-electron chi connectivity index (χ0n) is 7.59. The Morgan fingerprint density at radius 1 is 1.75 bits per heavy atom. The van der Waals surface area contributed by atoms with Gasteiger partial charge in [-0.25, -0.2) is 0 Å². The number of carbonyl (C=O) groups is 1. The molecule has 2 atom stereocenters. The molecule has 3 N–H and O–H groups in total. The van der Waals surface area contributed by atoms with Crippen LogP contribution in [0.2, 0.25) is 0 Å². The Balaban J connectivity index is 2.81. The van der Waals surface area contributed by atoms with Gasteiger partial charge in [0, 0.05) is 5.25 Å². The van der Waals surface area contributed by atoms with Gasteiger partial charge >= 0.3 is 0 Å². The number of nitrogens with one attached hydrogen (secondary N) is 1. The highest BCUT2D eigenvalue weighted by Gasteiger charge is 2.42. The fourth-order valence-corrected chi connectivity index (χ4v) is 3.03. The SMILES string of the molecule is CNC1(C(N)=O)CCCSC1C. The zero-order valence-corrected chi connectivity index (χ0v) is 8.41. The summed E-state index contributed by atoms with van der Waals surface area (Å²) >= 11 is 1.81. The van der Waals surface area contributed by atoms with Gasteiger partial charge in [0.1, 0.15) is 5.54 Å². The van der Waals surface area contributed by atoms with E-state index in [4.69, 9.17) is 5.73 Å². The molecule has 0 bridgehead atoms. The number of carbonyl (C=O) groups excluding carboxylic acids is 1.